The normalized spacial score (nSPS) is 12.4. The van der Waals surface area contributed by atoms with Crippen LogP contribution in [0.4, 0.5) is 0 Å². The molecule has 0 saturated carbocycles. The molecule has 0 fully saturated rings. The maximum absolute atomic E-state index is 4.52. The van der Waals surface area contributed by atoms with Gasteiger partial charge < -0.3 is 0 Å². The lowest BCUT2D eigenvalue weighted by molar-refractivity contribution is 0.760. The van der Waals surface area contributed by atoms with Gasteiger partial charge in [-0.15, -0.1) is 0 Å². The highest BCUT2D eigenvalue weighted by molar-refractivity contribution is 7.03. The van der Waals surface area contributed by atoms with E-state index >= 15 is 0 Å². The van der Waals surface area contributed by atoms with Gasteiger partial charge in [0.05, 0.1) is 5.69 Å². The highest BCUT2D eigenvalue weighted by Gasteiger charge is 2.10. The van der Waals surface area contributed by atoms with Gasteiger partial charge in [-0.3, -0.25) is 4.99 Å². The third-order valence-corrected chi connectivity index (χ3v) is 3.31. The van der Waals surface area contributed by atoms with Gasteiger partial charge in [-0.05, 0) is 23.7 Å². The van der Waals surface area contributed by atoms with Crippen LogP contribution in [0.25, 0.3) is 5.69 Å². The summed E-state index contributed by atoms with van der Waals surface area (Å²) in [4.78, 5) is 9.49. The molecule has 2 aromatic rings. The SMILES string of the molecule is CN=c1nc(C(C)C)n(-c2ccccc2)s1. The van der Waals surface area contributed by atoms with Crippen LogP contribution in [-0.2, 0) is 0 Å². The zero-order chi connectivity index (χ0) is 11.5. The van der Waals surface area contributed by atoms with Gasteiger partial charge >= 0.3 is 0 Å². The Balaban J connectivity index is 2.60. The molecule has 84 valence electrons. The molecule has 0 amide bonds. The van der Waals surface area contributed by atoms with E-state index in [9.17, 15) is 0 Å². The van der Waals surface area contributed by atoms with Crippen LogP contribution < -0.4 is 4.80 Å². The Morgan fingerprint density at radius 2 is 1.94 bits per heavy atom. The number of aromatic nitrogens is 2. The molecule has 1 aromatic heterocycles. The van der Waals surface area contributed by atoms with E-state index in [2.05, 4.69) is 39.9 Å². The minimum absolute atomic E-state index is 0.395. The summed E-state index contributed by atoms with van der Waals surface area (Å²) in [5, 5.41) is 0. The summed E-state index contributed by atoms with van der Waals surface area (Å²) in [6.07, 6.45) is 0. The average molecular weight is 233 g/mol. The van der Waals surface area contributed by atoms with Gasteiger partial charge in [0.15, 0.2) is 0 Å². The smallest absolute Gasteiger partial charge is 0.222 e. The first-order chi connectivity index (χ1) is 7.72. The molecule has 1 heterocycles. The van der Waals surface area contributed by atoms with Crippen LogP contribution in [0.2, 0.25) is 0 Å². The summed E-state index contributed by atoms with van der Waals surface area (Å²) in [6, 6.07) is 10.3. The summed E-state index contributed by atoms with van der Waals surface area (Å²) < 4.78 is 2.15. The summed E-state index contributed by atoms with van der Waals surface area (Å²) in [5.41, 5.74) is 1.15. The number of nitrogens with zero attached hydrogens (tertiary/aromatic N) is 3. The van der Waals surface area contributed by atoms with Gasteiger partial charge in [-0.25, -0.2) is 8.94 Å². The molecule has 0 radical (unpaired) electrons. The molecule has 0 aliphatic carbocycles. The van der Waals surface area contributed by atoms with E-state index < -0.39 is 0 Å². The minimum Gasteiger partial charge on any atom is -0.260 e. The Morgan fingerprint density at radius 3 is 2.50 bits per heavy atom. The van der Waals surface area contributed by atoms with E-state index in [4.69, 9.17) is 0 Å². The average Bonchev–Trinajstić information content (AvgIpc) is 2.74. The lowest BCUT2D eigenvalue weighted by Crippen LogP contribution is -2.02. The van der Waals surface area contributed by atoms with Crippen molar-refractivity contribution in [1.29, 1.82) is 0 Å². The van der Waals surface area contributed by atoms with Gasteiger partial charge in [0.2, 0.25) is 4.80 Å². The molecule has 0 aliphatic rings. The first kappa shape index (κ1) is 11.1. The van der Waals surface area contributed by atoms with Crippen LogP contribution in [0.5, 0.6) is 0 Å². The fraction of sp³-hybridized carbons (Fsp3) is 0.333. The second-order valence-electron chi connectivity index (χ2n) is 3.85. The molecule has 1 aromatic carbocycles. The van der Waals surface area contributed by atoms with Crippen LogP contribution in [0.15, 0.2) is 35.3 Å². The number of hydrogen-bond donors (Lipinski definition) is 0. The van der Waals surface area contributed by atoms with E-state index in [0.29, 0.717) is 5.92 Å². The van der Waals surface area contributed by atoms with Gasteiger partial charge in [0.25, 0.3) is 0 Å². The molecule has 0 unspecified atom stereocenters. The zero-order valence-electron chi connectivity index (χ0n) is 9.71. The third kappa shape index (κ3) is 2.07. The first-order valence-corrected chi connectivity index (χ1v) is 6.08. The fourth-order valence-electron chi connectivity index (χ4n) is 1.50. The van der Waals surface area contributed by atoms with Gasteiger partial charge in [0, 0.05) is 13.0 Å². The van der Waals surface area contributed by atoms with Crippen LogP contribution in [-0.4, -0.2) is 16.0 Å². The van der Waals surface area contributed by atoms with E-state index in [1.807, 2.05) is 18.2 Å². The molecule has 0 spiro atoms. The van der Waals surface area contributed by atoms with Crippen molar-refractivity contribution in [2.24, 2.45) is 4.99 Å². The monoisotopic (exact) mass is 233 g/mol. The highest BCUT2D eigenvalue weighted by atomic mass is 32.1. The fourth-order valence-corrected chi connectivity index (χ4v) is 2.45. The predicted octanol–water partition coefficient (Wildman–Crippen LogP) is 2.59. The van der Waals surface area contributed by atoms with Crippen molar-refractivity contribution >= 4 is 11.5 Å². The minimum atomic E-state index is 0.395. The summed E-state index contributed by atoms with van der Waals surface area (Å²) in [5.74, 6) is 1.46. The maximum Gasteiger partial charge on any atom is 0.222 e. The Morgan fingerprint density at radius 1 is 1.25 bits per heavy atom. The lowest BCUT2D eigenvalue weighted by Gasteiger charge is -2.07. The van der Waals surface area contributed by atoms with Crippen LogP contribution >= 0.6 is 11.5 Å². The third-order valence-electron chi connectivity index (χ3n) is 2.29. The van der Waals surface area contributed by atoms with Crippen LogP contribution in [0, 0.1) is 0 Å². The zero-order valence-corrected chi connectivity index (χ0v) is 10.5. The molecule has 0 saturated heterocycles. The molecule has 2 rings (SSSR count). The number of benzene rings is 1. The number of rotatable bonds is 2. The van der Waals surface area contributed by atoms with Gasteiger partial charge in [0.1, 0.15) is 5.82 Å². The van der Waals surface area contributed by atoms with Crippen molar-refractivity contribution < 1.29 is 0 Å². The van der Waals surface area contributed by atoms with Gasteiger partial charge in [-0.2, -0.15) is 0 Å². The van der Waals surface area contributed by atoms with E-state index in [1.165, 1.54) is 0 Å². The van der Waals surface area contributed by atoms with Crippen molar-refractivity contribution in [1.82, 2.24) is 8.94 Å². The van der Waals surface area contributed by atoms with Crippen molar-refractivity contribution in [2.75, 3.05) is 7.05 Å². The molecule has 3 nitrogen and oxygen atoms in total. The predicted molar refractivity (Wildman–Crippen MR) is 67.0 cm³/mol. The quantitative estimate of drug-likeness (QED) is 0.784. The van der Waals surface area contributed by atoms with E-state index in [1.54, 1.807) is 18.6 Å². The number of hydrogen-bond acceptors (Lipinski definition) is 3. The first-order valence-electron chi connectivity index (χ1n) is 5.31. The van der Waals surface area contributed by atoms with Crippen molar-refractivity contribution in [3.05, 3.63) is 41.0 Å². The molecule has 16 heavy (non-hydrogen) atoms. The maximum atomic E-state index is 4.52. The molecule has 0 aliphatic heterocycles. The second kappa shape index (κ2) is 4.61. The molecule has 0 atom stereocenters. The second-order valence-corrected chi connectivity index (χ2v) is 4.76. The van der Waals surface area contributed by atoms with Gasteiger partial charge in [-0.1, -0.05) is 32.0 Å². The van der Waals surface area contributed by atoms with E-state index in [-0.39, 0.29) is 0 Å². The largest absolute Gasteiger partial charge is 0.260 e. The molecular formula is C12H15N3S. The van der Waals surface area contributed by atoms with Crippen molar-refractivity contribution in [3.63, 3.8) is 0 Å². The topological polar surface area (TPSA) is 30.2 Å². The Kier molecular flexibility index (Phi) is 3.19. The summed E-state index contributed by atoms with van der Waals surface area (Å²) in [6.45, 7) is 4.29. The van der Waals surface area contributed by atoms with E-state index in [0.717, 1.165) is 16.3 Å². The standard InChI is InChI=1S/C12H15N3S/c1-9(2)11-14-12(13-3)16-15(11)10-7-5-4-6-8-10/h4-9H,1-3H3. The summed E-state index contributed by atoms with van der Waals surface area (Å²) in [7, 11) is 1.78. The van der Waals surface area contributed by atoms with Crippen molar-refractivity contribution in [3.8, 4) is 5.69 Å². The Labute approximate surface area is 99.3 Å². The molecule has 4 heteroatoms. The van der Waals surface area contributed by atoms with Crippen LogP contribution in [0.3, 0.4) is 0 Å². The summed E-state index contributed by atoms with van der Waals surface area (Å²) >= 11 is 1.58. The lowest BCUT2D eigenvalue weighted by atomic mass is 10.2. The number of para-hydroxylation sites is 1. The molecule has 0 N–H and O–H groups in total. The Hall–Kier alpha value is -1.42. The van der Waals surface area contributed by atoms with Crippen molar-refractivity contribution in [2.45, 2.75) is 19.8 Å². The molecular weight excluding hydrogens is 218 g/mol. The Bertz CT molecular complexity index is 523. The highest BCUT2D eigenvalue weighted by Crippen LogP contribution is 2.18. The van der Waals surface area contributed by atoms with Crippen LogP contribution in [0.1, 0.15) is 25.6 Å². The molecule has 0 bridgehead atoms.